The monoisotopic (exact) mass is 314 g/mol. The van der Waals surface area contributed by atoms with Gasteiger partial charge in [-0.15, -0.1) is 0 Å². The first-order valence-corrected chi connectivity index (χ1v) is 6.80. The number of rotatable bonds is 4. The van der Waals surface area contributed by atoms with Crippen LogP contribution in [0.1, 0.15) is 24.8 Å². The highest BCUT2D eigenvalue weighted by atomic mass is 16.6. The number of hydrogen-bond donors (Lipinski definition) is 0. The van der Waals surface area contributed by atoms with Crippen LogP contribution in [0.2, 0.25) is 0 Å². The van der Waals surface area contributed by atoms with Gasteiger partial charge in [-0.3, -0.25) is 19.7 Å². The van der Waals surface area contributed by atoms with Crippen molar-refractivity contribution in [3.05, 3.63) is 51.1 Å². The molecule has 0 heterocycles. The molecule has 7 heteroatoms. The Morgan fingerprint density at radius 1 is 1.57 bits per heavy atom. The largest absolute Gasteiger partial charge is 0.468 e. The fourth-order valence-electron chi connectivity index (χ4n) is 3.11. The number of nitro groups is 1. The van der Waals surface area contributed by atoms with E-state index in [2.05, 4.69) is 0 Å². The molecule has 1 aliphatic rings. The van der Waals surface area contributed by atoms with Gasteiger partial charge in [-0.05, 0) is 18.9 Å². The summed E-state index contributed by atoms with van der Waals surface area (Å²) in [7, 11) is 1.17. The van der Waals surface area contributed by atoms with E-state index in [-0.39, 0.29) is 17.7 Å². The summed E-state index contributed by atoms with van der Waals surface area (Å²) >= 11 is 0. The van der Waals surface area contributed by atoms with E-state index in [1.807, 2.05) is 6.07 Å². The number of ether oxygens (including phenoxy) is 1. The number of carbonyl (C=O) groups is 2. The number of hydrogen-bond acceptors (Lipinski definition) is 6. The van der Waals surface area contributed by atoms with Gasteiger partial charge in [0.25, 0.3) is 5.69 Å². The van der Waals surface area contributed by atoms with Crippen LogP contribution in [0.15, 0.2) is 35.4 Å². The number of benzene rings is 1. The number of allylic oxidation sites excluding steroid dienone is 2. The van der Waals surface area contributed by atoms with Gasteiger partial charge in [-0.1, -0.05) is 17.7 Å². The van der Waals surface area contributed by atoms with E-state index in [4.69, 9.17) is 4.74 Å². The van der Waals surface area contributed by atoms with Crippen molar-refractivity contribution in [2.24, 2.45) is 5.41 Å². The minimum Gasteiger partial charge on any atom is -0.468 e. The highest BCUT2D eigenvalue weighted by Gasteiger charge is 2.54. The molecular weight excluding hydrogens is 300 g/mol. The third-order valence-corrected chi connectivity index (χ3v) is 4.13. The Labute approximate surface area is 132 Å². The van der Waals surface area contributed by atoms with Gasteiger partial charge in [0.2, 0.25) is 0 Å². The highest BCUT2D eigenvalue weighted by molar-refractivity contribution is 5.90. The third kappa shape index (κ3) is 2.48. The Morgan fingerprint density at radius 2 is 2.26 bits per heavy atom. The number of nitrogens with zero attached hydrogens (tertiary/aromatic N) is 2. The van der Waals surface area contributed by atoms with Crippen molar-refractivity contribution in [1.29, 1.82) is 5.26 Å². The Kier molecular flexibility index (Phi) is 4.27. The molecule has 0 aliphatic heterocycles. The summed E-state index contributed by atoms with van der Waals surface area (Å²) in [4.78, 5) is 34.1. The van der Waals surface area contributed by atoms with Gasteiger partial charge in [-0.2, -0.15) is 5.26 Å². The standard InChI is InChI=1S/C16H14N2O5/c1-10-7-16(9-17,15(20)23-2)14(13(10)8-19)11-4-3-5-12(6-11)18(21)22/h3-6,8,14H,7H2,1-2H3/t14-,16+/m1/s1. The quantitative estimate of drug-likeness (QED) is 0.365. The number of esters is 1. The van der Waals surface area contributed by atoms with Gasteiger partial charge in [0, 0.05) is 23.6 Å². The first-order valence-electron chi connectivity index (χ1n) is 6.80. The molecule has 118 valence electrons. The molecule has 0 saturated carbocycles. The number of nitriles is 1. The van der Waals surface area contributed by atoms with Crippen LogP contribution < -0.4 is 0 Å². The van der Waals surface area contributed by atoms with Crippen molar-refractivity contribution in [2.75, 3.05) is 7.11 Å². The summed E-state index contributed by atoms with van der Waals surface area (Å²) in [6.07, 6.45) is 0.651. The first kappa shape index (κ1) is 16.4. The number of carbonyl (C=O) groups excluding carboxylic acids is 2. The molecule has 0 saturated heterocycles. The molecule has 0 amide bonds. The molecule has 0 spiro atoms. The number of methoxy groups -OCH3 is 1. The summed E-state index contributed by atoms with van der Waals surface area (Å²) in [6.45, 7) is 1.66. The van der Waals surface area contributed by atoms with Crippen LogP contribution in [-0.2, 0) is 14.3 Å². The van der Waals surface area contributed by atoms with E-state index < -0.39 is 22.2 Å². The van der Waals surface area contributed by atoms with Gasteiger partial charge in [0.1, 0.15) is 6.29 Å². The van der Waals surface area contributed by atoms with Crippen molar-refractivity contribution in [2.45, 2.75) is 19.3 Å². The maximum atomic E-state index is 12.3. The van der Waals surface area contributed by atoms with Gasteiger partial charge in [0.05, 0.1) is 18.1 Å². The first-order chi connectivity index (χ1) is 10.9. The SMILES string of the molecule is COC(=O)[C@]1(C#N)CC(C)=C(C=O)[C@H]1c1cccc([N+](=O)[O-])c1. The van der Waals surface area contributed by atoms with Gasteiger partial charge < -0.3 is 4.74 Å². The van der Waals surface area contributed by atoms with Crippen molar-refractivity contribution in [3.8, 4) is 6.07 Å². The van der Waals surface area contributed by atoms with Crippen LogP contribution >= 0.6 is 0 Å². The van der Waals surface area contributed by atoms with Crippen LogP contribution in [0.3, 0.4) is 0 Å². The van der Waals surface area contributed by atoms with Gasteiger partial charge >= 0.3 is 5.97 Å². The van der Waals surface area contributed by atoms with Crippen LogP contribution in [-0.4, -0.2) is 24.3 Å². The molecule has 0 fully saturated rings. The second kappa shape index (κ2) is 6.01. The smallest absolute Gasteiger partial charge is 0.327 e. The van der Waals surface area contributed by atoms with E-state index in [9.17, 15) is 25.0 Å². The molecule has 7 nitrogen and oxygen atoms in total. The number of aldehydes is 1. The molecule has 23 heavy (non-hydrogen) atoms. The minimum absolute atomic E-state index is 0.0532. The molecule has 0 unspecified atom stereocenters. The molecule has 0 bridgehead atoms. The van der Waals surface area contributed by atoms with Crippen molar-refractivity contribution >= 4 is 17.9 Å². The molecule has 1 aromatic rings. The lowest BCUT2D eigenvalue weighted by Crippen LogP contribution is -2.35. The predicted octanol–water partition coefficient (Wildman–Crippen LogP) is 2.28. The van der Waals surface area contributed by atoms with Crippen LogP contribution in [0, 0.1) is 26.9 Å². The number of non-ortho nitro benzene ring substituents is 1. The molecule has 2 rings (SSSR count). The molecule has 0 aromatic heterocycles. The zero-order chi connectivity index (χ0) is 17.2. The van der Waals surface area contributed by atoms with Crippen LogP contribution in [0.5, 0.6) is 0 Å². The summed E-state index contributed by atoms with van der Waals surface area (Å²) in [5.41, 5.74) is -0.510. The summed E-state index contributed by atoms with van der Waals surface area (Å²) in [6, 6.07) is 7.59. The summed E-state index contributed by atoms with van der Waals surface area (Å²) < 4.78 is 4.76. The minimum atomic E-state index is -1.59. The van der Waals surface area contributed by atoms with Crippen molar-refractivity contribution in [3.63, 3.8) is 0 Å². The van der Waals surface area contributed by atoms with Crippen molar-refractivity contribution in [1.82, 2.24) is 0 Å². The van der Waals surface area contributed by atoms with E-state index >= 15 is 0 Å². The van der Waals surface area contributed by atoms with Gasteiger partial charge in [-0.25, -0.2) is 0 Å². The summed E-state index contributed by atoms with van der Waals surface area (Å²) in [5, 5.41) is 20.6. The van der Waals surface area contributed by atoms with E-state index in [1.165, 1.54) is 25.3 Å². The Hall–Kier alpha value is -3.01. The molecule has 1 aliphatic carbocycles. The zero-order valence-electron chi connectivity index (χ0n) is 12.6. The lowest BCUT2D eigenvalue weighted by atomic mass is 9.72. The lowest BCUT2D eigenvalue weighted by Gasteiger charge is -2.27. The van der Waals surface area contributed by atoms with Crippen LogP contribution in [0.25, 0.3) is 0 Å². The maximum absolute atomic E-state index is 12.3. The van der Waals surface area contributed by atoms with E-state index in [0.717, 1.165) is 0 Å². The van der Waals surface area contributed by atoms with E-state index in [0.29, 0.717) is 17.4 Å². The zero-order valence-corrected chi connectivity index (χ0v) is 12.6. The Bertz CT molecular complexity index is 762. The maximum Gasteiger partial charge on any atom is 0.327 e. The molecule has 0 radical (unpaired) electrons. The van der Waals surface area contributed by atoms with E-state index in [1.54, 1.807) is 13.0 Å². The molecule has 0 N–H and O–H groups in total. The van der Waals surface area contributed by atoms with Crippen LogP contribution in [0.4, 0.5) is 5.69 Å². The Morgan fingerprint density at radius 3 is 2.78 bits per heavy atom. The third-order valence-electron chi connectivity index (χ3n) is 4.13. The second-order valence-electron chi connectivity index (χ2n) is 5.39. The second-order valence-corrected chi connectivity index (χ2v) is 5.39. The predicted molar refractivity (Wildman–Crippen MR) is 79.3 cm³/mol. The molecular formula is C16H14N2O5. The Balaban J connectivity index is 2.69. The fraction of sp³-hybridized carbons (Fsp3) is 0.312. The lowest BCUT2D eigenvalue weighted by molar-refractivity contribution is -0.384. The van der Waals surface area contributed by atoms with Crippen molar-refractivity contribution < 1.29 is 19.2 Å². The normalized spacial score (nSPS) is 23.3. The molecule has 1 aromatic carbocycles. The van der Waals surface area contributed by atoms with Gasteiger partial charge in [0.15, 0.2) is 5.41 Å². The summed E-state index contributed by atoms with van der Waals surface area (Å²) in [5.74, 6) is -1.65. The average Bonchev–Trinajstić information content (AvgIpc) is 2.86. The average molecular weight is 314 g/mol. The highest BCUT2D eigenvalue weighted by Crippen LogP contribution is 2.52. The topological polar surface area (TPSA) is 110 Å². The fourth-order valence-corrected chi connectivity index (χ4v) is 3.11. The number of nitro benzene ring substituents is 1. The molecule has 2 atom stereocenters.